The van der Waals surface area contributed by atoms with Crippen molar-refractivity contribution < 1.29 is 0 Å². The van der Waals surface area contributed by atoms with Crippen LogP contribution in [0, 0.1) is 0 Å². The number of para-hydroxylation sites is 1. The van der Waals surface area contributed by atoms with Crippen molar-refractivity contribution >= 4 is 34.4 Å². The lowest BCUT2D eigenvalue weighted by molar-refractivity contribution is 0.800. The van der Waals surface area contributed by atoms with E-state index in [1.165, 1.54) is 11.3 Å². The number of hydrogen-bond donors (Lipinski definition) is 1. The molecular formula is C22H29N3S. The Labute approximate surface area is 161 Å². The summed E-state index contributed by atoms with van der Waals surface area (Å²) in [5, 5.41) is 0. The molecular weight excluding hydrogens is 338 g/mol. The summed E-state index contributed by atoms with van der Waals surface area (Å²) in [7, 11) is 0. The van der Waals surface area contributed by atoms with Crippen molar-refractivity contribution in [1.29, 1.82) is 0 Å². The predicted octanol–water partition coefficient (Wildman–Crippen LogP) is 6.19. The maximum atomic E-state index is 4.87. The fourth-order valence-corrected chi connectivity index (χ4v) is 3.91. The summed E-state index contributed by atoms with van der Waals surface area (Å²) in [5.41, 5.74) is 4.69. The van der Waals surface area contributed by atoms with E-state index < -0.39 is 0 Å². The molecule has 0 spiro atoms. The van der Waals surface area contributed by atoms with Crippen LogP contribution in [0.3, 0.4) is 0 Å². The number of aromatic nitrogens is 2. The van der Waals surface area contributed by atoms with Gasteiger partial charge in [-0.15, -0.1) is 0 Å². The molecule has 3 rings (SSSR count). The van der Waals surface area contributed by atoms with Crippen LogP contribution < -0.4 is 4.90 Å². The van der Waals surface area contributed by atoms with E-state index in [0.29, 0.717) is 0 Å². The van der Waals surface area contributed by atoms with Crippen molar-refractivity contribution in [2.24, 2.45) is 0 Å². The molecule has 1 aromatic heterocycles. The highest BCUT2D eigenvalue weighted by Gasteiger charge is 2.16. The van der Waals surface area contributed by atoms with Crippen molar-refractivity contribution in [3.63, 3.8) is 0 Å². The van der Waals surface area contributed by atoms with Gasteiger partial charge in [-0.2, -0.15) is 11.8 Å². The number of nitrogens with one attached hydrogen (secondary N) is 1. The molecule has 0 bridgehead atoms. The summed E-state index contributed by atoms with van der Waals surface area (Å²) in [4.78, 5) is 10.7. The highest BCUT2D eigenvalue weighted by molar-refractivity contribution is 8.00. The van der Waals surface area contributed by atoms with E-state index in [1.807, 2.05) is 11.8 Å². The second-order valence-corrected chi connectivity index (χ2v) is 9.53. The van der Waals surface area contributed by atoms with Crippen LogP contribution in [-0.4, -0.2) is 27.0 Å². The summed E-state index contributed by atoms with van der Waals surface area (Å²) in [6.45, 7) is 9.93. The minimum atomic E-state index is 0.269. The Hall–Kier alpha value is -1.94. The average molecular weight is 368 g/mol. The largest absolute Gasteiger partial charge is 0.324 e. The number of anilines is 2. The molecule has 138 valence electrons. The number of imidazole rings is 1. The molecule has 0 aliphatic rings. The zero-order valence-electron chi connectivity index (χ0n) is 16.2. The smallest absolute Gasteiger partial charge is 0.208 e. The molecule has 26 heavy (non-hydrogen) atoms. The Morgan fingerprint density at radius 1 is 1.08 bits per heavy atom. The quantitative estimate of drug-likeness (QED) is 0.540. The molecule has 0 amide bonds. The monoisotopic (exact) mass is 367 g/mol. The van der Waals surface area contributed by atoms with Gasteiger partial charge in [0, 0.05) is 22.7 Å². The number of hydrogen-bond acceptors (Lipinski definition) is 3. The van der Waals surface area contributed by atoms with E-state index in [2.05, 4.69) is 86.1 Å². The third kappa shape index (κ3) is 4.82. The summed E-state index contributed by atoms with van der Waals surface area (Å²) < 4.78 is 0.269. The Balaban J connectivity index is 1.89. The topological polar surface area (TPSA) is 31.9 Å². The zero-order chi connectivity index (χ0) is 18.6. The number of benzene rings is 2. The molecule has 0 fully saturated rings. The summed E-state index contributed by atoms with van der Waals surface area (Å²) in [6, 6.07) is 17.1. The van der Waals surface area contributed by atoms with Gasteiger partial charge in [0.1, 0.15) is 0 Å². The molecule has 1 heterocycles. The summed E-state index contributed by atoms with van der Waals surface area (Å²) in [6.07, 6.45) is 2.27. The van der Waals surface area contributed by atoms with Gasteiger partial charge in [-0.1, -0.05) is 58.4 Å². The molecule has 0 atom stereocenters. The molecule has 3 aromatic rings. The first-order valence-electron chi connectivity index (χ1n) is 9.41. The van der Waals surface area contributed by atoms with Gasteiger partial charge < -0.3 is 9.88 Å². The second kappa shape index (κ2) is 8.17. The number of aryl methyl sites for hydroxylation is 1. The molecule has 0 aliphatic carbocycles. The number of aromatic amines is 1. The molecule has 0 aliphatic heterocycles. The first-order chi connectivity index (χ1) is 12.5. The maximum Gasteiger partial charge on any atom is 0.208 e. The summed E-state index contributed by atoms with van der Waals surface area (Å²) >= 11 is 1.98. The molecule has 0 radical (unpaired) electrons. The lowest BCUT2D eigenvalue weighted by Crippen LogP contribution is -2.23. The molecule has 4 heteroatoms. The van der Waals surface area contributed by atoms with E-state index in [1.54, 1.807) is 0 Å². The molecule has 3 nitrogen and oxygen atoms in total. The second-order valence-electron chi connectivity index (χ2n) is 7.61. The Bertz CT molecular complexity index is 833. The predicted molar refractivity (Wildman–Crippen MR) is 116 cm³/mol. The number of H-pyrrole nitrogens is 1. The maximum absolute atomic E-state index is 4.87. The van der Waals surface area contributed by atoms with Crippen LogP contribution in [0.15, 0.2) is 48.5 Å². The van der Waals surface area contributed by atoms with Crippen molar-refractivity contribution in [1.82, 2.24) is 9.97 Å². The van der Waals surface area contributed by atoms with E-state index in [4.69, 9.17) is 4.98 Å². The van der Waals surface area contributed by atoms with E-state index in [-0.39, 0.29) is 4.75 Å². The Morgan fingerprint density at radius 2 is 1.85 bits per heavy atom. The molecule has 1 N–H and O–H groups in total. The van der Waals surface area contributed by atoms with E-state index >= 15 is 0 Å². The Kier molecular flexibility index (Phi) is 5.92. The third-order valence-corrected chi connectivity index (χ3v) is 5.50. The van der Waals surface area contributed by atoms with E-state index in [9.17, 15) is 0 Å². The van der Waals surface area contributed by atoms with Crippen LogP contribution in [-0.2, 0) is 6.42 Å². The van der Waals surface area contributed by atoms with Crippen LogP contribution in [0.1, 0.15) is 39.7 Å². The highest BCUT2D eigenvalue weighted by Crippen LogP contribution is 2.28. The van der Waals surface area contributed by atoms with Crippen LogP contribution >= 0.6 is 11.8 Å². The molecule has 0 saturated carbocycles. The van der Waals surface area contributed by atoms with Crippen LogP contribution in [0.25, 0.3) is 11.0 Å². The van der Waals surface area contributed by atoms with Gasteiger partial charge in [0.2, 0.25) is 5.95 Å². The van der Waals surface area contributed by atoms with Crippen LogP contribution in [0.4, 0.5) is 11.6 Å². The lowest BCUT2D eigenvalue weighted by atomic mass is 10.1. The molecule has 0 saturated heterocycles. The van der Waals surface area contributed by atoms with Gasteiger partial charge in [0.15, 0.2) is 0 Å². The van der Waals surface area contributed by atoms with Gasteiger partial charge >= 0.3 is 0 Å². The number of thioether (sulfide) groups is 1. The first-order valence-corrected chi connectivity index (χ1v) is 10.4. The van der Waals surface area contributed by atoms with E-state index in [0.717, 1.165) is 42.1 Å². The van der Waals surface area contributed by atoms with Gasteiger partial charge in [0.25, 0.3) is 0 Å². The van der Waals surface area contributed by atoms with Crippen LogP contribution in [0.5, 0.6) is 0 Å². The van der Waals surface area contributed by atoms with Gasteiger partial charge in [-0.3, -0.25) is 0 Å². The number of rotatable bonds is 7. The highest BCUT2D eigenvalue weighted by atomic mass is 32.2. The van der Waals surface area contributed by atoms with Crippen molar-refractivity contribution in [2.45, 2.75) is 45.3 Å². The standard InChI is InChI=1S/C22H29N3S/c1-5-9-17-12-13-19-20(16-17)24-21(23-19)25(14-15-26-22(2,3)4)18-10-7-6-8-11-18/h6-8,10-13,16H,5,9,14-15H2,1-4H3,(H,23,24). The summed E-state index contributed by atoms with van der Waals surface area (Å²) in [5.74, 6) is 1.98. The Morgan fingerprint density at radius 3 is 2.54 bits per heavy atom. The van der Waals surface area contributed by atoms with Crippen molar-refractivity contribution in [3.8, 4) is 0 Å². The SMILES string of the molecule is CCCc1ccc2nc(N(CCSC(C)(C)C)c3ccccc3)[nH]c2c1. The molecule has 0 unspecified atom stereocenters. The number of nitrogens with zero attached hydrogens (tertiary/aromatic N) is 2. The van der Waals surface area contributed by atoms with Gasteiger partial charge in [-0.25, -0.2) is 4.98 Å². The van der Waals surface area contributed by atoms with Crippen molar-refractivity contribution in [3.05, 3.63) is 54.1 Å². The fraction of sp³-hybridized carbons (Fsp3) is 0.409. The lowest BCUT2D eigenvalue weighted by Gasteiger charge is -2.24. The average Bonchev–Trinajstić information content (AvgIpc) is 3.02. The normalized spacial score (nSPS) is 11.8. The minimum absolute atomic E-state index is 0.269. The van der Waals surface area contributed by atoms with Crippen molar-refractivity contribution in [2.75, 3.05) is 17.2 Å². The fourth-order valence-electron chi connectivity index (χ4n) is 3.02. The minimum Gasteiger partial charge on any atom is -0.324 e. The third-order valence-electron chi connectivity index (χ3n) is 4.25. The first kappa shape index (κ1) is 18.8. The zero-order valence-corrected chi connectivity index (χ0v) is 17.1. The van der Waals surface area contributed by atoms with Gasteiger partial charge in [0.05, 0.1) is 11.0 Å². The number of fused-ring (bicyclic) bond motifs is 1. The van der Waals surface area contributed by atoms with Gasteiger partial charge in [-0.05, 0) is 36.2 Å². The van der Waals surface area contributed by atoms with Crippen LogP contribution in [0.2, 0.25) is 0 Å². The molecule has 2 aromatic carbocycles.